The van der Waals surface area contributed by atoms with Gasteiger partial charge in [-0.3, -0.25) is 9.59 Å². The van der Waals surface area contributed by atoms with Gasteiger partial charge < -0.3 is 37.9 Å². The van der Waals surface area contributed by atoms with Crippen molar-refractivity contribution < 1.29 is 47.5 Å². The van der Waals surface area contributed by atoms with E-state index in [0.717, 1.165) is 79.3 Å². The summed E-state index contributed by atoms with van der Waals surface area (Å²) in [7, 11) is 0. The van der Waals surface area contributed by atoms with Crippen LogP contribution in [-0.4, -0.2) is 91.9 Å². The SMILES string of the molecule is O=Cc1ccc(C#Cc2ccc(-c3cc(-c4ccc(C#Cc5ccc(C=O)cc5)cc4)cc(-c4ccc(C#Cc5ccc6c(c5)OCCOCCOCCOc5ccccc5OCCOCCOCCO6)cc4)c3)cc2)cc1. The number of aldehydes is 2. The van der Waals surface area contributed by atoms with E-state index in [4.69, 9.17) is 37.9 Å². The summed E-state index contributed by atoms with van der Waals surface area (Å²) in [6.45, 7) is 4.54. The largest absolute Gasteiger partial charge is 0.487 e. The van der Waals surface area contributed by atoms with Crippen molar-refractivity contribution in [1.29, 1.82) is 0 Å². The second kappa shape index (κ2) is 28.6. The fourth-order valence-electron chi connectivity index (χ4n) is 8.08. The molecule has 0 saturated heterocycles. The van der Waals surface area contributed by atoms with Crippen molar-refractivity contribution in [2.75, 3.05) is 79.3 Å². The molecule has 10 heteroatoms. The van der Waals surface area contributed by atoms with Crippen LogP contribution in [0.25, 0.3) is 33.4 Å². The smallest absolute Gasteiger partial charge is 0.162 e. The van der Waals surface area contributed by atoms with Crippen molar-refractivity contribution >= 4 is 12.6 Å². The van der Waals surface area contributed by atoms with E-state index in [0.29, 0.717) is 113 Å². The first-order valence-electron chi connectivity index (χ1n) is 25.7. The molecule has 1 aliphatic heterocycles. The lowest BCUT2D eigenvalue weighted by molar-refractivity contribution is 0.0223. The second-order valence-electron chi connectivity index (χ2n) is 17.7. The maximum Gasteiger partial charge on any atom is 0.162 e. The Hall–Kier alpha value is -9.18. The minimum absolute atomic E-state index is 0.298. The average molecular weight is 1030 g/mol. The Morgan fingerprint density at radius 3 is 0.859 bits per heavy atom. The zero-order chi connectivity index (χ0) is 53.4. The lowest BCUT2D eigenvalue weighted by atomic mass is 9.92. The maximum absolute atomic E-state index is 11.1. The zero-order valence-corrected chi connectivity index (χ0v) is 43.0. The first kappa shape index (κ1) is 53.6. The van der Waals surface area contributed by atoms with Crippen LogP contribution in [0.5, 0.6) is 23.0 Å². The van der Waals surface area contributed by atoms with Crippen molar-refractivity contribution in [2.45, 2.75) is 0 Å². The first-order valence-corrected chi connectivity index (χ1v) is 25.7. The number of fused-ring (bicyclic) bond motifs is 2. The average Bonchev–Trinajstić information content (AvgIpc) is 3.52. The summed E-state index contributed by atoms with van der Waals surface area (Å²) in [4.78, 5) is 22.2. The topological polar surface area (TPSA) is 108 Å². The van der Waals surface area contributed by atoms with Crippen molar-refractivity contribution in [3.63, 3.8) is 0 Å². The van der Waals surface area contributed by atoms with E-state index in [2.05, 4.69) is 90.1 Å². The molecule has 0 N–H and O–H groups in total. The molecule has 1 aliphatic rings. The molecule has 0 amide bonds. The van der Waals surface area contributed by atoms with Gasteiger partial charge in [0.05, 0.1) is 52.9 Å². The Labute approximate surface area is 455 Å². The first-order chi connectivity index (χ1) is 38.5. The molecular weight excluding hydrogens is 977 g/mol. The molecule has 10 nitrogen and oxygen atoms in total. The number of hydrogen-bond donors (Lipinski definition) is 0. The van der Waals surface area contributed by atoms with Gasteiger partial charge >= 0.3 is 0 Å². The highest BCUT2D eigenvalue weighted by Crippen LogP contribution is 2.34. The predicted octanol–water partition coefficient (Wildman–Crippen LogP) is 11.8. The third-order valence-corrected chi connectivity index (χ3v) is 12.2. The van der Waals surface area contributed by atoms with Gasteiger partial charge in [-0.05, 0) is 143 Å². The molecule has 8 aromatic carbocycles. The van der Waals surface area contributed by atoms with Crippen LogP contribution in [0.15, 0.2) is 182 Å². The standard InChI is InChI=1S/C68H56O10/c69-49-57-15-10-51(11-16-57)5-7-53-19-26-59(27-20-53)62-46-63(60-28-21-54(22-29-60)8-6-52-12-17-58(50-70)18-13-52)48-64(47-62)61-30-23-55(24-31-61)9-14-56-25-32-67-68(45-56)78-44-40-74-36-35-72-38-42-76-66-4-2-1-3-65(66)75-41-37-71-33-34-73-39-43-77-67/h1-4,10-13,15-32,45-50H,33-44H2. The Balaban J connectivity index is 0.893. The molecule has 1 heterocycles. The van der Waals surface area contributed by atoms with E-state index < -0.39 is 0 Å². The Morgan fingerprint density at radius 1 is 0.256 bits per heavy atom. The van der Waals surface area contributed by atoms with Crippen LogP contribution in [0.2, 0.25) is 0 Å². The third-order valence-electron chi connectivity index (χ3n) is 12.2. The molecule has 78 heavy (non-hydrogen) atoms. The monoisotopic (exact) mass is 1030 g/mol. The van der Waals surface area contributed by atoms with Gasteiger partial charge in [-0.15, -0.1) is 0 Å². The normalized spacial score (nSPS) is 13.5. The Morgan fingerprint density at radius 2 is 0.526 bits per heavy atom. The number of ether oxygens (including phenoxy) is 8. The molecule has 0 atom stereocenters. The van der Waals surface area contributed by atoms with E-state index in [-0.39, 0.29) is 0 Å². The van der Waals surface area contributed by atoms with Gasteiger partial charge in [-0.1, -0.05) is 108 Å². The summed E-state index contributed by atoms with van der Waals surface area (Å²) in [6.07, 6.45) is 1.65. The van der Waals surface area contributed by atoms with Crippen LogP contribution in [0.1, 0.15) is 54.1 Å². The summed E-state index contributed by atoms with van der Waals surface area (Å²) < 4.78 is 47.1. The number of hydrogen-bond acceptors (Lipinski definition) is 10. The Kier molecular flexibility index (Phi) is 19.7. The minimum atomic E-state index is 0.298. The molecule has 0 radical (unpaired) electrons. The molecule has 9 rings (SSSR count). The maximum atomic E-state index is 11.1. The summed E-state index contributed by atoms with van der Waals surface area (Å²) in [6, 6.07) is 59.0. The molecule has 0 spiro atoms. The van der Waals surface area contributed by atoms with Gasteiger partial charge in [0.2, 0.25) is 0 Å². The highest BCUT2D eigenvalue weighted by atomic mass is 16.6. The molecule has 0 saturated carbocycles. The second-order valence-corrected chi connectivity index (χ2v) is 17.7. The summed E-state index contributed by atoms with van der Waals surface area (Å²) in [5.74, 6) is 22.0. The summed E-state index contributed by atoms with van der Waals surface area (Å²) >= 11 is 0. The molecule has 0 bridgehead atoms. The third kappa shape index (κ3) is 16.2. The minimum Gasteiger partial charge on any atom is -0.487 e. The van der Waals surface area contributed by atoms with E-state index in [1.807, 2.05) is 103 Å². The molecule has 0 fully saturated rings. The Bertz CT molecular complexity index is 3310. The number of carbonyl (C=O) groups is 2. The molecular formula is C68H56O10. The lowest BCUT2D eigenvalue weighted by Gasteiger charge is -2.14. The quantitative estimate of drug-likeness (QED) is 0.122. The van der Waals surface area contributed by atoms with Crippen LogP contribution in [0.4, 0.5) is 0 Å². The van der Waals surface area contributed by atoms with E-state index in [9.17, 15) is 9.59 Å². The van der Waals surface area contributed by atoms with Crippen molar-refractivity contribution in [2.24, 2.45) is 0 Å². The summed E-state index contributed by atoms with van der Waals surface area (Å²) in [5.41, 5.74) is 12.5. The van der Waals surface area contributed by atoms with Crippen LogP contribution >= 0.6 is 0 Å². The molecule has 0 unspecified atom stereocenters. The van der Waals surface area contributed by atoms with Gasteiger partial charge in [-0.25, -0.2) is 0 Å². The van der Waals surface area contributed by atoms with E-state index >= 15 is 0 Å². The fraction of sp³-hybridized carbons (Fsp3) is 0.176. The highest BCUT2D eigenvalue weighted by Gasteiger charge is 2.11. The number of benzene rings is 8. The van der Waals surface area contributed by atoms with Gasteiger partial charge in [0, 0.05) is 44.5 Å². The molecule has 8 aromatic rings. The lowest BCUT2D eigenvalue weighted by Crippen LogP contribution is -2.15. The van der Waals surface area contributed by atoms with Crippen molar-refractivity contribution in [3.8, 4) is 91.9 Å². The van der Waals surface area contributed by atoms with Gasteiger partial charge in [0.1, 0.15) is 39.0 Å². The molecule has 0 aromatic heterocycles. The number of carbonyl (C=O) groups excluding carboxylic acids is 2. The van der Waals surface area contributed by atoms with Crippen LogP contribution in [0.3, 0.4) is 0 Å². The molecule has 388 valence electrons. The number of rotatable bonds is 5. The molecule has 0 aliphatic carbocycles. The zero-order valence-electron chi connectivity index (χ0n) is 43.0. The predicted molar refractivity (Wildman–Crippen MR) is 302 cm³/mol. The van der Waals surface area contributed by atoms with Crippen molar-refractivity contribution in [3.05, 3.63) is 226 Å². The van der Waals surface area contributed by atoms with Gasteiger partial charge in [0.15, 0.2) is 23.0 Å². The van der Waals surface area contributed by atoms with E-state index in [1.54, 1.807) is 24.3 Å². The number of para-hydroxylation sites is 2. The van der Waals surface area contributed by atoms with Gasteiger partial charge in [0.25, 0.3) is 0 Å². The van der Waals surface area contributed by atoms with Crippen LogP contribution in [0, 0.1) is 35.5 Å². The van der Waals surface area contributed by atoms with Crippen molar-refractivity contribution in [1.82, 2.24) is 0 Å². The van der Waals surface area contributed by atoms with Crippen LogP contribution < -0.4 is 18.9 Å². The summed E-state index contributed by atoms with van der Waals surface area (Å²) in [5, 5.41) is 0. The fourth-order valence-corrected chi connectivity index (χ4v) is 8.08. The van der Waals surface area contributed by atoms with E-state index in [1.165, 1.54) is 0 Å². The van der Waals surface area contributed by atoms with Gasteiger partial charge in [-0.2, -0.15) is 0 Å². The van der Waals surface area contributed by atoms with Crippen LogP contribution in [-0.2, 0) is 18.9 Å². The highest BCUT2D eigenvalue weighted by molar-refractivity contribution is 5.82.